The van der Waals surface area contributed by atoms with Crippen LogP contribution < -0.4 is 4.90 Å². The summed E-state index contributed by atoms with van der Waals surface area (Å²) in [4.78, 5) is 2.36. The normalized spacial score (nSPS) is 13.5. The zero-order valence-electron chi connectivity index (χ0n) is 36.7. The lowest BCUT2D eigenvalue weighted by atomic mass is 9.66. The lowest BCUT2D eigenvalue weighted by Gasteiger charge is -2.35. The van der Waals surface area contributed by atoms with E-state index in [1.165, 1.54) is 71.6 Å². The quantitative estimate of drug-likeness (QED) is 0.172. The van der Waals surface area contributed by atoms with Crippen LogP contribution in [-0.4, -0.2) is 0 Å². The van der Waals surface area contributed by atoms with Crippen molar-refractivity contribution in [1.82, 2.24) is 0 Å². The highest BCUT2D eigenvalue weighted by Crippen LogP contribution is 2.61. The molecular weight excluding hydrogens is 751 g/mol. The summed E-state index contributed by atoms with van der Waals surface area (Å²) in [6.07, 6.45) is 0. The Morgan fingerprint density at radius 2 is 0.968 bits per heavy atom. The molecule has 1 heterocycles. The minimum atomic E-state index is -0.682. The number of furan rings is 1. The van der Waals surface area contributed by atoms with Crippen LogP contribution in [0.5, 0.6) is 0 Å². The third kappa shape index (κ3) is 5.62. The minimum Gasteiger partial charge on any atom is -0.456 e. The summed E-state index contributed by atoms with van der Waals surface area (Å²) >= 11 is 0. The molecule has 0 aliphatic heterocycles. The van der Waals surface area contributed by atoms with Gasteiger partial charge in [0.05, 0.1) is 11.1 Å². The Labute approximate surface area is 365 Å². The Hall–Kier alpha value is -6.90. The zero-order chi connectivity index (χ0) is 42.5. The maximum absolute atomic E-state index is 7.57. The molecule has 1 aliphatic carbocycles. The number of fused-ring (bicyclic) bond motifs is 11. The number of nitrogens with zero attached hydrogens (tertiary/aromatic N) is 1. The third-order valence-electron chi connectivity index (χ3n) is 13.6. The number of rotatable bonds is 5. The molecule has 0 saturated heterocycles. The second-order valence-corrected chi connectivity index (χ2v) is 19.4. The molecule has 2 heteroatoms. The summed E-state index contributed by atoms with van der Waals surface area (Å²) in [5.41, 5.74) is 15.8. The fourth-order valence-corrected chi connectivity index (χ4v) is 10.5. The third-order valence-corrected chi connectivity index (χ3v) is 13.6. The molecule has 0 radical (unpaired) electrons. The Morgan fingerprint density at radius 3 is 1.52 bits per heavy atom. The first-order valence-corrected chi connectivity index (χ1v) is 22.0. The topological polar surface area (TPSA) is 16.4 Å². The average molecular weight is 802 g/mol. The fraction of sp³-hybridized carbons (Fsp3) is 0.167. The maximum atomic E-state index is 7.57. The van der Waals surface area contributed by atoms with Gasteiger partial charge in [-0.1, -0.05) is 187 Å². The predicted molar refractivity (Wildman–Crippen MR) is 263 cm³/mol. The van der Waals surface area contributed by atoms with Crippen molar-refractivity contribution in [3.8, 4) is 11.1 Å². The molecule has 11 rings (SSSR count). The summed E-state index contributed by atoms with van der Waals surface area (Å²) in [6.45, 7) is 16.1. The van der Waals surface area contributed by atoms with Gasteiger partial charge in [-0.05, 0) is 109 Å². The van der Waals surface area contributed by atoms with Crippen LogP contribution in [0.15, 0.2) is 186 Å². The van der Waals surface area contributed by atoms with E-state index in [-0.39, 0.29) is 10.8 Å². The van der Waals surface area contributed by atoms with Gasteiger partial charge < -0.3 is 9.32 Å². The molecule has 0 N–H and O–H groups in total. The summed E-state index contributed by atoms with van der Waals surface area (Å²) < 4.78 is 7.57. The van der Waals surface area contributed by atoms with Crippen molar-refractivity contribution in [1.29, 1.82) is 0 Å². The number of aryl methyl sites for hydroxylation is 1. The van der Waals surface area contributed by atoms with Gasteiger partial charge in [0.2, 0.25) is 0 Å². The van der Waals surface area contributed by atoms with Crippen LogP contribution in [0.1, 0.15) is 80.5 Å². The van der Waals surface area contributed by atoms with E-state index in [1.807, 2.05) is 0 Å². The highest BCUT2D eigenvalue weighted by atomic mass is 16.3. The SMILES string of the molecule is Cc1cc2c(c3ccccc13)-c1ccc3c(oc4cc(N(c5ccccc5)c5ccccc5)c5ccccc5c43)c1C2(c1ccc(C(C)(C)C)cc1)c1ccc(C(C)(C)C)cc1. The minimum absolute atomic E-state index is 0.0104. The molecule has 0 unspecified atom stereocenters. The van der Waals surface area contributed by atoms with Gasteiger partial charge in [-0.3, -0.25) is 0 Å². The summed E-state index contributed by atoms with van der Waals surface area (Å²) in [6, 6.07) is 67.6. The molecule has 302 valence electrons. The van der Waals surface area contributed by atoms with Gasteiger partial charge in [-0.2, -0.15) is 0 Å². The molecule has 0 atom stereocenters. The Morgan fingerprint density at radius 1 is 0.468 bits per heavy atom. The van der Waals surface area contributed by atoms with Crippen molar-refractivity contribution in [2.45, 2.75) is 64.7 Å². The van der Waals surface area contributed by atoms with E-state index in [0.29, 0.717) is 0 Å². The number of hydrogen-bond donors (Lipinski definition) is 0. The van der Waals surface area contributed by atoms with E-state index in [4.69, 9.17) is 4.42 Å². The van der Waals surface area contributed by atoms with E-state index in [1.54, 1.807) is 0 Å². The Balaban J connectivity index is 1.30. The van der Waals surface area contributed by atoms with Crippen molar-refractivity contribution in [3.63, 3.8) is 0 Å². The molecule has 1 aromatic heterocycles. The fourth-order valence-electron chi connectivity index (χ4n) is 10.5. The number of para-hydroxylation sites is 2. The lowest BCUT2D eigenvalue weighted by molar-refractivity contribution is 0.588. The van der Waals surface area contributed by atoms with E-state index in [0.717, 1.165) is 39.0 Å². The van der Waals surface area contributed by atoms with Crippen LogP contribution in [-0.2, 0) is 16.2 Å². The smallest absolute Gasteiger partial charge is 0.140 e. The number of hydrogen-bond acceptors (Lipinski definition) is 2. The van der Waals surface area contributed by atoms with E-state index >= 15 is 0 Å². The largest absolute Gasteiger partial charge is 0.456 e. The van der Waals surface area contributed by atoms with Gasteiger partial charge in [0.25, 0.3) is 0 Å². The van der Waals surface area contributed by atoms with Gasteiger partial charge in [-0.15, -0.1) is 0 Å². The van der Waals surface area contributed by atoms with Crippen LogP contribution in [0.3, 0.4) is 0 Å². The van der Waals surface area contributed by atoms with Crippen molar-refractivity contribution in [2.75, 3.05) is 4.90 Å². The van der Waals surface area contributed by atoms with Crippen molar-refractivity contribution < 1.29 is 4.42 Å². The first kappa shape index (κ1) is 38.1. The molecule has 0 amide bonds. The van der Waals surface area contributed by atoms with Crippen LogP contribution >= 0.6 is 0 Å². The van der Waals surface area contributed by atoms with Gasteiger partial charge in [0.1, 0.15) is 11.2 Å². The van der Waals surface area contributed by atoms with Gasteiger partial charge >= 0.3 is 0 Å². The monoisotopic (exact) mass is 801 g/mol. The second kappa shape index (κ2) is 13.8. The Kier molecular flexibility index (Phi) is 8.48. The van der Waals surface area contributed by atoms with Crippen LogP contribution in [0.25, 0.3) is 54.6 Å². The molecule has 2 nitrogen and oxygen atoms in total. The molecule has 0 fully saturated rings. The summed E-state index contributed by atoms with van der Waals surface area (Å²) in [5.74, 6) is 0. The van der Waals surface area contributed by atoms with E-state index in [2.05, 4.69) is 235 Å². The first-order valence-electron chi connectivity index (χ1n) is 22.0. The Bertz CT molecular complexity index is 3240. The lowest BCUT2D eigenvalue weighted by Crippen LogP contribution is -2.29. The molecule has 9 aromatic carbocycles. The second-order valence-electron chi connectivity index (χ2n) is 19.4. The summed E-state index contributed by atoms with van der Waals surface area (Å²) in [7, 11) is 0. The highest BCUT2D eigenvalue weighted by molar-refractivity contribution is 6.24. The summed E-state index contributed by atoms with van der Waals surface area (Å²) in [5, 5.41) is 7.16. The molecule has 1 aliphatic rings. The molecular formula is C60H51NO. The van der Waals surface area contributed by atoms with Crippen LogP contribution in [0, 0.1) is 6.92 Å². The average Bonchev–Trinajstić information content (AvgIpc) is 3.81. The first-order chi connectivity index (χ1) is 29.9. The molecule has 10 aromatic rings. The van der Waals surface area contributed by atoms with Crippen LogP contribution in [0.2, 0.25) is 0 Å². The maximum Gasteiger partial charge on any atom is 0.140 e. The number of anilines is 3. The van der Waals surface area contributed by atoms with E-state index < -0.39 is 5.41 Å². The van der Waals surface area contributed by atoms with Gasteiger partial charge in [-0.25, -0.2) is 0 Å². The molecule has 0 spiro atoms. The predicted octanol–water partition coefficient (Wildman–Crippen LogP) is 16.6. The van der Waals surface area contributed by atoms with Crippen molar-refractivity contribution in [3.05, 3.63) is 221 Å². The van der Waals surface area contributed by atoms with Crippen molar-refractivity contribution >= 4 is 60.5 Å². The van der Waals surface area contributed by atoms with Crippen LogP contribution in [0.4, 0.5) is 17.1 Å². The molecule has 0 bridgehead atoms. The van der Waals surface area contributed by atoms with Gasteiger partial charge in [0, 0.05) is 39.2 Å². The standard InChI is InChI=1S/C60H51NO/c1-38-36-51-54(47-24-16-14-22-45(38)47)49-34-35-50-55-48-25-17-15-23-46(48)52(61(43-18-10-8-11-19-43)44-20-12-9-13-21-44)37-53(55)62-57(50)56(49)60(51,41-30-26-39(27-31-41)58(2,3)4)42-32-28-40(29-33-42)59(5,6)7/h8-37H,1-7H3. The van der Waals surface area contributed by atoms with Crippen molar-refractivity contribution in [2.24, 2.45) is 0 Å². The van der Waals surface area contributed by atoms with E-state index in [9.17, 15) is 0 Å². The van der Waals surface area contributed by atoms with Gasteiger partial charge in [0.15, 0.2) is 0 Å². The number of benzene rings is 9. The molecule has 0 saturated carbocycles. The zero-order valence-corrected chi connectivity index (χ0v) is 36.7. The molecule has 62 heavy (non-hydrogen) atoms. The highest BCUT2D eigenvalue weighted by Gasteiger charge is 2.49.